The minimum absolute atomic E-state index is 0.530. The molecule has 2 atom stereocenters. The molecular weight excluding hydrogens is 282 g/mol. The van der Waals surface area contributed by atoms with Gasteiger partial charge in [-0.2, -0.15) is 0 Å². The van der Waals surface area contributed by atoms with E-state index in [4.69, 9.17) is 0 Å². The molecule has 1 N–H and O–H groups in total. The predicted molar refractivity (Wildman–Crippen MR) is 74.9 cm³/mol. The molecule has 0 amide bonds. The maximum Gasteiger partial charge on any atom is 0.0701 e. The fourth-order valence-corrected chi connectivity index (χ4v) is 3.88. The number of hydrogen-bond acceptors (Lipinski definition) is 2. The van der Waals surface area contributed by atoms with Gasteiger partial charge in [-0.15, -0.1) is 11.3 Å². The Bertz CT molecular complexity index is 359. The molecule has 16 heavy (non-hydrogen) atoms. The van der Waals surface area contributed by atoms with Crippen LogP contribution in [0.4, 0.5) is 0 Å². The van der Waals surface area contributed by atoms with Crippen LogP contribution in [0.3, 0.4) is 0 Å². The maximum absolute atomic E-state index is 3.71. The van der Waals surface area contributed by atoms with Crippen LogP contribution in [-0.4, -0.2) is 6.54 Å². The summed E-state index contributed by atoms with van der Waals surface area (Å²) in [6.45, 7) is 8.10. The van der Waals surface area contributed by atoms with E-state index in [2.05, 4.69) is 54.2 Å². The zero-order valence-corrected chi connectivity index (χ0v) is 12.6. The molecule has 90 valence electrons. The number of nitrogens with one attached hydrogen (secondary N) is 1. The summed E-state index contributed by atoms with van der Waals surface area (Å²) < 4.78 is 1.24. The van der Waals surface area contributed by atoms with Crippen molar-refractivity contribution >= 4 is 27.3 Å². The van der Waals surface area contributed by atoms with Gasteiger partial charge in [0, 0.05) is 10.9 Å². The molecule has 1 aromatic heterocycles. The van der Waals surface area contributed by atoms with Gasteiger partial charge in [0.25, 0.3) is 0 Å². The van der Waals surface area contributed by atoms with Gasteiger partial charge in [0.1, 0.15) is 0 Å². The molecule has 0 radical (unpaired) electrons. The van der Waals surface area contributed by atoms with Gasteiger partial charge < -0.3 is 5.32 Å². The highest BCUT2D eigenvalue weighted by atomic mass is 79.9. The van der Waals surface area contributed by atoms with E-state index in [9.17, 15) is 0 Å². The molecule has 1 nitrogen and oxygen atoms in total. The average molecular weight is 302 g/mol. The molecule has 0 bridgehead atoms. The van der Waals surface area contributed by atoms with E-state index >= 15 is 0 Å². The van der Waals surface area contributed by atoms with E-state index < -0.39 is 0 Å². The summed E-state index contributed by atoms with van der Waals surface area (Å²) in [7, 11) is 0. The van der Waals surface area contributed by atoms with Crippen LogP contribution in [0.25, 0.3) is 0 Å². The summed E-state index contributed by atoms with van der Waals surface area (Å²) >= 11 is 5.43. The van der Waals surface area contributed by atoms with Crippen molar-refractivity contribution in [3.05, 3.63) is 20.8 Å². The first-order valence-corrected chi connectivity index (χ1v) is 7.64. The second-order valence-corrected chi connectivity index (χ2v) is 7.87. The third-order valence-corrected chi connectivity index (χ3v) is 5.21. The van der Waals surface area contributed by atoms with Gasteiger partial charge in [0.05, 0.1) is 3.79 Å². The monoisotopic (exact) mass is 301 g/mol. The summed E-state index contributed by atoms with van der Waals surface area (Å²) in [5.74, 6) is 0.810. The molecule has 2 unspecified atom stereocenters. The van der Waals surface area contributed by atoms with Crippen molar-refractivity contribution in [3.8, 4) is 0 Å². The lowest BCUT2D eigenvalue weighted by atomic mass is 10.0. The largest absolute Gasteiger partial charge is 0.309 e. The predicted octanol–water partition coefficient (Wildman–Crippen LogP) is 4.60. The van der Waals surface area contributed by atoms with Crippen molar-refractivity contribution in [2.45, 2.75) is 39.7 Å². The van der Waals surface area contributed by atoms with Crippen molar-refractivity contribution < 1.29 is 0 Å². The van der Waals surface area contributed by atoms with E-state index in [-0.39, 0.29) is 0 Å². The van der Waals surface area contributed by atoms with E-state index in [0.717, 1.165) is 12.5 Å². The van der Waals surface area contributed by atoms with Crippen LogP contribution in [0.15, 0.2) is 15.9 Å². The maximum atomic E-state index is 3.71. The third kappa shape index (κ3) is 2.69. The molecule has 1 aliphatic carbocycles. The Morgan fingerprint density at radius 3 is 2.69 bits per heavy atom. The molecule has 1 fully saturated rings. The van der Waals surface area contributed by atoms with Crippen molar-refractivity contribution in [2.24, 2.45) is 11.3 Å². The van der Waals surface area contributed by atoms with Gasteiger partial charge >= 0.3 is 0 Å². The van der Waals surface area contributed by atoms with E-state index in [1.165, 1.54) is 21.5 Å². The zero-order chi connectivity index (χ0) is 11.8. The average Bonchev–Trinajstić information content (AvgIpc) is 2.64. The van der Waals surface area contributed by atoms with Crippen LogP contribution in [0, 0.1) is 11.3 Å². The molecule has 1 aliphatic rings. The first-order chi connectivity index (χ1) is 7.54. The topological polar surface area (TPSA) is 12.0 Å². The van der Waals surface area contributed by atoms with Gasteiger partial charge in [0.2, 0.25) is 0 Å². The second kappa shape index (κ2) is 4.79. The number of hydrogen-bond donors (Lipinski definition) is 1. The summed E-state index contributed by atoms with van der Waals surface area (Å²) in [5.41, 5.74) is 0.530. The lowest BCUT2D eigenvalue weighted by molar-refractivity contribution is 0.421. The Morgan fingerprint density at radius 1 is 1.56 bits per heavy atom. The Hall–Kier alpha value is 0.140. The smallest absolute Gasteiger partial charge is 0.0701 e. The summed E-state index contributed by atoms with van der Waals surface area (Å²) in [6, 6.07) is 4.98. The normalized spacial score (nSPS) is 24.4. The quantitative estimate of drug-likeness (QED) is 0.838. The highest BCUT2D eigenvalue weighted by molar-refractivity contribution is 9.11. The van der Waals surface area contributed by atoms with Crippen LogP contribution >= 0.6 is 27.3 Å². The highest BCUT2D eigenvalue weighted by Crippen LogP contribution is 2.58. The van der Waals surface area contributed by atoms with Gasteiger partial charge in [0.15, 0.2) is 0 Å². The SMILES string of the molecule is CCCNC(c1ccc(Br)s1)C1CC1(C)C. The van der Waals surface area contributed by atoms with Crippen molar-refractivity contribution in [1.82, 2.24) is 5.32 Å². The van der Waals surface area contributed by atoms with Crippen LogP contribution in [0.2, 0.25) is 0 Å². The Kier molecular flexibility index (Phi) is 3.77. The van der Waals surface area contributed by atoms with Crippen LogP contribution in [0.5, 0.6) is 0 Å². The van der Waals surface area contributed by atoms with Gasteiger partial charge in [-0.1, -0.05) is 20.8 Å². The third-order valence-electron chi connectivity index (χ3n) is 3.51. The fourth-order valence-electron chi connectivity index (χ4n) is 2.31. The van der Waals surface area contributed by atoms with E-state index in [1.54, 1.807) is 0 Å². The lowest BCUT2D eigenvalue weighted by Gasteiger charge is -2.18. The van der Waals surface area contributed by atoms with Crippen LogP contribution < -0.4 is 5.32 Å². The first-order valence-electron chi connectivity index (χ1n) is 6.03. The number of thiophene rings is 1. The van der Waals surface area contributed by atoms with Gasteiger partial charge in [-0.05, 0) is 58.8 Å². The van der Waals surface area contributed by atoms with Crippen LogP contribution in [0.1, 0.15) is 44.5 Å². The number of halogens is 1. The van der Waals surface area contributed by atoms with E-state index in [1.807, 2.05) is 11.3 Å². The Labute approximate surface area is 111 Å². The van der Waals surface area contributed by atoms with E-state index in [0.29, 0.717) is 11.5 Å². The molecule has 3 heteroatoms. The molecular formula is C13H20BrNS. The Balaban J connectivity index is 2.09. The van der Waals surface area contributed by atoms with Crippen molar-refractivity contribution in [1.29, 1.82) is 0 Å². The molecule has 0 aromatic carbocycles. The molecule has 0 saturated heterocycles. The standard InChI is InChI=1S/C13H20BrNS/c1-4-7-15-12(9-8-13(9,2)3)10-5-6-11(14)16-10/h5-6,9,12,15H,4,7-8H2,1-3H3. The molecule has 0 spiro atoms. The second-order valence-electron chi connectivity index (χ2n) is 5.37. The minimum atomic E-state index is 0.530. The van der Waals surface area contributed by atoms with Crippen molar-refractivity contribution in [3.63, 3.8) is 0 Å². The Morgan fingerprint density at radius 2 is 2.25 bits per heavy atom. The lowest BCUT2D eigenvalue weighted by Crippen LogP contribution is -2.24. The van der Waals surface area contributed by atoms with Gasteiger partial charge in [-0.3, -0.25) is 0 Å². The molecule has 1 saturated carbocycles. The zero-order valence-electron chi connectivity index (χ0n) is 10.2. The van der Waals surface area contributed by atoms with Gasteiger partial charge in [-0.25, -0.2) is 0 Å². The minimum Gasteiger partial charge on any atom is -0.309 e. The summed E-state index contributed by atoms with van der Waals surface area (Å²) in [6.07, 6.45) is 2.56. The molecule has 1 heterocycles. The first kappa shape index (κ1) is 12.6. The molecule has 0 aliphatic heterocycles. The summed E-state index contributed by atoms with van der Waals surface area (Å²) in [5, 5.41) is 3.71. The van der Waals surface area contributed by atoms with Crippen molar-refractivity contribution in [2.75, 3.05) is 6.54 Å². The fraction of sp³-hybridized carbons (Fsp3) is 0.692. The molecule has 1 aromatic rings. The highest BCUT2D eigenvalue weighted by Gasteiger charge is 2.50. The summed E-state index contributed by atoms with van der Waals surface area (Å²) in [4.78, 5) is 1.48. The number of rotatable bonds is 5. The molecule has 2 rings (SSSR count). The van der Waals surface area contributed by atoms with Crippen LogP contribution in [-0.2, 0) is 0 Å².